The lowest BCUT2D eigenvalue weighted by atomic mass is 10.1. The predicted octanol–water partition coefficient (Wildman–Crippen LogP) is 3.74. The van der Waals surface area contributed by atoms with Crippen LogP contribution in [0.2, 0.25) is 0 Å². The summed E-state index contributed by atoms with van der Waals surface area (Å²) < 4.78 is 42.1. The van der Waals surface area contributed by atoms with Gasteiger partial charge >= 0.3 is 5.97 Å². The monoisotopic (exact) mass is 345 g/mol. The minimum atomic E-state index is -0.696. The number of carbonyl (C=O) groups excluding carboxylic acids is 1. The number of aromatic nitrogens is 1. The zero-order valence-corrected chi connectivity index (χ0v) is 12.9. The maximum atomic E-state index is 13.7. The Balaban J connectivity index is 1.53. The van der Waals surface area contributed by atoms with Gasteiger partial charge in [0.05, 0.1) is 5.56 Å². The second-order valence-corrected chi connectivity index (χ2v) is 5.04. The fraction of sp³-hybridized carbons (Fsp3) is 0.111. The Morgan fingerprint density at radius 2 is 1.76 bits per heavy atom. The molecule has 1 aromatic heterocycles. The number of halogens is 2. The smallest absolute Gasteiger partial charge is 0.344 e. The molecule has 0 N–H and O–H groups in total. The van der Waals surface area contributed by atoms with Gasteiger partial charge < -0.3 is 14.0 Å². The van der Waals surface area contributed by atoms with E-state index in [1.165, 1.54) is 30.3 Å². The van der Waals surface area contributed by atoms with Crippen molar-refractivity contribution in [1.29, 1.82) is 0 Å². The summed E-state index contributed by atoms with van der Waals surface area (Å²) in [5, 5.41) is 3.72. The number of carbonyl (C=O) groups is 1. The van der Waals surface area contributed by atoms with E-state index in [-0.39, 0.29) is 23.7 Å². The Bertz CT molecular complexity index is 879. The fourth-order valence-corrected chi connectivity index (χ4v) is 2.06. The number of benzene rings is 2. The lowest BCUT2D eigenvalue weighted by molar-refractivity contribution is -0.147. The van der Waals surface area contributed by atoms with Crippen molar-refractivity contribution in [3.63, 3.8) is 0 Å². The van der Waals surface area contributed by atoms with E-state index in [1.807, 2.05) is 0 Å². The molecule has 0 unspecified atom stereocenters. The molecule has 3 aromatic rings. The third kappa shape index (κ3) is 4.20. The fourth-order valence-electron chi connectivity index (χ4n) is 2.06. The van der Waals surface area contributed by atoms with Gasteiger partial charge in [-0.1, -0.05) is 29.4 Å². The van der Waals surface area contributed by atoms with Crippen molar-refractivity contribution in [3.05, 3.63) is 71.9 Å². The highest BCUT2D eigenvalue weighted by Gasteiger charge is 2.13. The summed E-state index contributed by atoms with van der Waals surface area (Å²) in [5.74, 6) is -1.52. The SMILES string of the molecule is O=C(COc1ccccc1F)OCc1cc(-c2ccccc2F)on1. The third-order valence-corrected chi connectivity index (χ3v) is 3.26. The van der Waals surface area contributed by atoms with E-state index in [2.05, 4.69) is 5.16 Å². The first kappa shape index (κ1) is 16.6. The summed E-state index contributed by atoms with van der Waals surface area (Å²) in [4.78, 5) is 11.6. The molecule has 25 heavy (non-hydrogen) atoms. The molecule has 1 heterocycles. The summed E-state index contributed by atoms with van der Waals surface area (Å²) in [6.45, 7) is -0.615. The van der Waals surface area contributed by atoms with Crippen LogP contribution in [0.25, 0.3) is 11.3 Å². The summed E-state index contributed by atoms with van der Waals surface area (Å²) in [7, 11) is 0. The topological polar surface area (TPSA) is 61.6 Å². The van der Waals surface area contributed by atoms with Crippen molar-refractivity contribution in [2.45, 2.75) is 6.61 Å². The number of nitrogens with zero attached hydrogens (tertiary/aromatic N) is 1. The van der Waals surface area contributed by atoms with Crippen LogP contribution in [0.4, 0.5) is 8.78 Å². The zero-order chi connectivity index (χ0) is 17.6. The Kier molecular flexibility index (Phi) is 5.03. The van der Waals surface area contributed by atoms with E-state index in [9.17, 15) is 13.6 Å². The summed E-state index contributed by atoms with van der Waals surface area (Å²) in [6, 6.07) is 13.3. The van der Waals surface area contributed by atoms with Gasteiger partial charge in [0.25, 0.3) is 0 Å². The largest absolute Gasteiger partial charge is 0.479 e. The van der Waals surface area contributed by atoms with Crippen LogP contribution >= 0.6 is 0 Å². The van der Waals surface area contributed by atoms with Crippen LogP contribution in [0.3, 0.4) is 0 Å². The van der Waals surface area contributed by atoms with Crippen molar-refractivity contribution in [2.24, 2.45) is 0 Å². The molecule has 0 saturated heterocycles. The highest BCUT2D eigenvalue weighted by Crippen LogP contribution is 2.23. The molecule has 5 nitrogen and oxygen atoms in total. The van der Waals surface area contributed by atoms with Crippen LogP contribution in [0, 0.1) is 11.6 Å². The molecule has 0 bridgehead atoms. The third-order valence-electron chi connectivity index (χ3n) is 3.26. The van der Waals surface area contributed by atoms with Gasteiger partial charge in [-0.2, -0.15) is 0 Å². The Morgan fingerprint density at radius 1 is 1.04 bits per heavy atom. The van der Waals surface area contributed by atoms with Crippen molar-refractivity contribution >= 4 is 5.97 Å². The molecule has 0 atom stereocenters. The first-order valence-corrected chi connectivity index (χ1v) is 7.37. The number of para-hydroxylation sites is 1. The van der Waals surface area contributed by atoms with Crippen LogP contribution < -0.4 is 4.74 Å². The van der Waals surface area contributed by atoms with E-state index in [4.69, 9.17) is 14.0 Å². The van der Waals surface area contributed by atoms with E-state index >= 15 is 0 Å². The average Bonchev–Trinajstić information content (AvgIpc) is 3.08. The zero-order valence-electron chi connectivity index (χ0n) is 12.9. The molecule has 0 spiro atoms. The van der Waals surface area contributed by atoms with Crippen LogP contribution in [-0.4, -0.2) is 17.7 Å². The highest BCUT2D eigenvalue weighted by atomic mass is 19.1. The second-order valence-electron chi connectivity index (χ2n) is 5.04. The normalized spacial score (nSPS) is 10.5. The Labute approximate surface area is 141 Å². The molecule has 0 aliphatic rings. The highest BCUT2D eigenvalue weighted by molar-refractivity contribution is 5.71. The van der Waals surface area contributed by atoms with Gasteiger partial charge in [-0.25, -0.2) is 13.6 Å². The van der Waals surface area contributed by atoms with E-state index < -0.39 is 24.2 Å². The van der Waals surface area contributed by atoms with Gasteiger partial charge in [0.15, 0.2) is 23.9 Å². The van der Waals surface area contributed by atoms with Crippen molar-refractivity contribution in [3.8, 4) is 17.1 Å². The van der Waals surface area contributed by atoms with Crippen LogP contribution in [0.1, 0.15) is 5.69 Å². The molecule has 7 heteroatoms. The lowest BCUT2D eigenvalue weighted by Gasteiger charge is -2.06. The maximum Gasteiger partial charge on any atom is 0.344 e. The molecule has 0 aliphatic carbocycles. The van der Waals surface area contributed by atoms with Crippen LogP contribution in [-0.2, 0) is 16.1 Å². The van der Waals surface area contributed by atoms with E-state index in [0.29, 0.717) is 5.69 Å². The van der Waals surface area contributed by atoms with Gasteiger partial charge in [0.2, 0.25) is 0 Å². The number of ether oxygens (including phenoxy) is 2. The number of hydrogen-bond acceptors (Lipinski definition) is 5. The number of rotatable bonds is 6. The molecule has 0 radical (unpaired) electrons. The predicted molar refractivity (Wildman–Crippen MR) is 83.6 cm³/mol. The first-order chi connectivity index (χ1) is 12.1. The van der Waals surface area contributed by atoms with Gasteiger partial charge in [0, 0.05) is 6.07 Å². The first-order valence-electron chi connectivity index (χ1n) is 7.37. The van der Waals surface area contributed by atoms with Crippen molar-refractivity contribution in [2.75, 3.05) is 6.61 Å². The molecule has 0 aliphatic heterocycles. The summed E-state index contributed by atoms with van der Waals surface area (Å²) >= 11 is 0. The van der Waals surface area contributed by atoms with E-state index in [0.717, 1.165) is 0 Å². The molecule has 2 aromatic carbocycles. The minimum Gasteiger partial charge on any atom is -0.479 e. The Morgan fingerprint density at radius 3 is 2.52 bits per heavy atom. The van der Waals surface area contributed by atoms with Gasteiger partial charge in [-0.3, -0.25) is 0 Å². The van der Waals surface area contributed by atoms with Crippen LogP contribution in [0.5, 0.6) is 5.75 Å². The number of esters is 1. The quantitative estimate of drug-likeness (QED) is 0.637. The molecular formula is C18H13F2NO4. The van der Waals surface area contributed by atoms with Crippen molar-refractivity contribution in [1.82, 2.24) is 5.16 Å². The maximum absolute atomic E-state index is 13.7. The second kappa shape index (κ2) is 7.57. The van der Waals surface area contributed by atoms with Gasteiger partial charge in [-0.15, -0.1) is 0 Å². The standard InChI is InChI=1S/C18H13F2NO4/c19-14-6-2-1-5-13(14)17-9-12(21-25-17)10-24-18(22)11-23-16-8-4-3-7-15(16)20/h1-9H,10-11H2. The van der Waals surface area contributed by atoms with Crippen molar-refractivity contribution < 1.29 is 27.6 Å². The summed E-state index contributed by atoms with van der Waals surface area (Å²) in [5.41, 5.74) is 0.577. The molecule has 3 rings (SSSR count). The molecule has 128 valence electrons. The molecule has 0 fully saturated rings. The summed E-state index contributed by atoms with van der Waals surface area (Å²) in [6.07, 6.45) is 0. The molecular weight excluding hydrogens is 332 g/mol. The average molecular weight is 345 g/mol. The number of hydrogen-bond donors (Lipinski definition) is 0. The minimum absolute atomic E-state index is 0.0391. The van der Waals surface area contributed by atoms with Crippen LogP contribution in [0.15, 0.2) is 59.1 Å². The van der Waals surface area contributed by atoms with Gasteiger partial charge in [-0.05, 0) is 24.3 Å². The molecule has 0 amide bonds. The Hall–Kier alpha value is -3.22. The molecule has 0 saturated carbocycles. The van der Waals surface area contributed by atoms with Gasteiger partial charge in [0.1, 0.15) is 18.1 Å². The van der Waals surface area contributed by atoms with E-state index in [1.54, 1.807) is 24.3 Å². The lowest BCUT2D eigenvalue weighted by Crippen LogP contribution is -2.15.